The van der Waals surface area contributed by atoms with Crippen LogP contribution < -0.4 is 5.32 Å². The van der Waals surface area contributed by atoms with Gasteiger partial charge in [-0.25, -0.2) is 0 Å². The third kappa shape index (κ3) is 3.82. The van der Waals surface area contributed by atoms with E-state index in [0.717, 1.165) is 49.7 Å². The number of aromatic nitrogens is 1. The molecule has 1 aliphatic carbocycles. The number of hydrogen-bond acceptors (Lipinski definition) is 5. The molecule has 0 radical (unpaired) electrons. The number of rotatable bonds is 5. The van der Waals surface area contributed by atoms with E-state index in [0.29, 0.717) is 6.54 Å². The monoisotopic (exact) mass is 371 g/mol. The maximum Gasteiger partial charge on any atom is 0.261 e. The third-order valence-corrected chi connectivity index (χ3v) is 6.35. The Bertz CT molecular complexity index is 741. The molecule has 2 aliphatic rings. The van der Waals surface area contributed by atoms with Gasteiger partial charge in [0, 0.05) is 25.8 Å². The highest BCUT2D eigenvalue weighted by molar-refractivity contribution is 7.12. The fourth-order valence-electron chi connectivity index (χ4n) is 3.86. The lowest BCUT2D eigenvalue weighted by molar-refractivity contribution is 0.0154. The van der Waals surface area contributed by atoms with E-state index in [9.17, 15) is 4.79 Å². The SMILES string of the molecule is O=C(NC[C@H](c1ccccn1)N1CCOCC1)c1scc2c1CCCC2. The first-order valence-electron chi connectivity index (χ1n) is 9.43. The van der Waals surface area contributed by atoms with Crippen molar-refractivity contribution in [3.05, 3.63) is 51.5 Å². The van der Waals surface area contributed by atoms with Crippen LogP contribution in [-0.4, -0.2) is 48.6 Å². The van der Waals surface area contributed by atoms with E-state index >= 15 is 0 Å². The molecule has 0 aromatic carbocycles. The Morgan fingerprint density at radius 1 is 1.27 bits per heavy atom. The largest absolute Gasteiger partial charge is 0.379 e. The number of nitrogens with zero attached hydrogens (tertiary/aromatic N) is 2. The number of hydrogen-bond donors (Lipinski definition) is 1. The summed E-state index contributed by atoms with van der Waals surface area (Å²) in [5, 5.41) is 5.35. The van der Waals surface area contributed by atoms with Gasteiger partial charge in [-0.2, -0.15) is 0 Å². The average Bonchev–Trinajstić information content (AvgIpc) is 3.14. The Kier molecular flexibility index (Phi) is 5.62. The number of aryl methyl sites for hydroxylation is 1. The first-order chi connectivity index (χ1) is 12.8. The van der Waals surface area contributed by atoms with Gasteiger partial charge < -0.3 is 10.1 Å². The Balaban J connectivity index is 1.47. The van der Waals surface area contributed by atoms with Crippen LogP contribution in [0, 0.1) is 0 Å². The van der Waals surface area contributed by atoms with E-state index < -0.39 is 0 Å². The van der Waals surface area contributed by atoms with Gasteiger partial charge >= 0.3 is 0 Å². The Morgan fingerprint density at radius 2 is 2.12 bits per heavy atom. The van der Waals surface area contributed by atoms with Crippen LogP contribution >= 0.6 is 11.3 Å². The summed E-state index contributed by atoms with van der Waals surface area (Å²) in [4.78, 5) is 20.6. The first kappa shape index (κ1) is 17.6. The van der Waals surface area contributed by atoms with Gasteiger partial charge in [0.05, 0.1) is 29.8 Å². The molecule has 1 N–H and O–H groups in total. The van der Waals surface area contributed by atoms with Gasteiger partial charge in [0.2, 0.25) is 0 Å². The zero-order chi connectivity index (χ0) is 17.8. The molecular formula is C20H25N3O2S. The average molecular weight is 372 g/mol. The highest BCUT2D eigenvalue weighted by atomic mass is 32.1. The van der Waals surface area contributed by atoms with Crippen LogP contribution in [0.2, 0.25) is 0 Å². The van der Waals surface area contributed by atoms with Gasteiger partial charge in [-0.05, 0) is 54.3 Å². The van der Waals surface area contributed by atoms with E-state index in [-0.39, 0.29) is 11.9 Å². The topological polar surface area (TPSA) is 54.5 Å². The molecule has 26 heavy (non-hydrogen) atoms. The lowest BCUT2D eigenvalue weighted by Gasteiger charge is -2.34. The molecule has 2 aromatic rings. The number of pyridine rings is 1. The molecular weight excluding hydrogens is 346 g/mol. The summed E-state index contributed by atoms with van der Waals surface area (Å²) in [6.45, 7) is 3.77. The molecule has 1 amide bonds. The van der Waals surface area contributed by atoms with E-state index in [2.05, 4.69) is 20.6 Å². The third-order valence-electron chi connectivity index (χ3n) is 5.28. The molecule has 5 nitrogen and oxygen atoms in total. The first-order valence-corrected chi connectivity index (χ1v) is 10.3. The van der Waals surface area contributed by atoms with Crippen molar-refractivity contribution >= 4 is 17.2 Å². The van der Waals surface area contributed by atoms with Gasteiger partial charge in [0.1, 0.15) is 0 Å². The summed E-state index contributed by atoms with van der Waals surface area (Å²) in [6, 6.07) is 6.06. The quantitative estimate of drug-likeness (QED) is 0.878. The molecule has 138 valence electrons. The molecule has 4 rings (SSSR count). The predicted octanol–water partition coefficient (Wildman–Crippen LogP) is 2.83. The number of amides is 1. The van der Waals surface area contributed by atoms with Crippen LogP contribution in [0.1, 0.15) is 45.4 Å². The maximum absolute atomic E-state index is 12.8. The lowest BCUT2D eigenvalue weighted by atomic mass is 9.94. The fraction of sp³-hybridized carbons (Fsp3) is 0.500. The van der Waals surface area contributed by atoms with Crippen LogP contribution in [0.5, 0.6) is 0 Å². The zero-order valence-electron chi connectivity index (χ0n) is 14.9. The summed E-state index contributed by atoms with van der Waals surface area (Å²) in [5.41, 5.74) is 3.66. The van der Waals surface area contributed by atoms with E-state index in [1.165, 1.54) is 24.0 Å². The summed E-state index contributed by atoms with van der Waals surface area (Å²) >= 11 is 1.60. The second-order valence-corrected chi connectivity index (χ2v) is 7.78. The summed E-state index contributed by atoms with van der Waals surface area (Å²) in [6.07, 6.45) is 6.40. The highest BCUT2D eigenvalue weighted by Gasteiger charge is 2.26. The van der Waals surface area contributed by atoms with Crippen molar-refractivity contribution in [3.8, 4) is 0 Å². The number of morpholine rings is 1. The van der Waals surface area contributed by atoms with Gasteiger partial charge in [0.25, 0.3) is 5.91 Å². The summed E-state index contributed by atoms with van der Waals surface area (Å²) in [7, 11) is 0. The van der Waals surface area contributed by atoms with Gasteiger partial charge in [-0.3, -0.25) is 14.7 Å². The molecule has 6 heteroatoms. The van der Waals surface area contributed by atoms with Gasteiger partial charge in [0.15, 0.2) is 0 Å². The predicted molar refractivity (Wildman–Crippen MR) is 103 cm³/mol. The molecule has 0 spiro atoms. The van der Waals surface area contributed by atoms with Crippen LogP contribution in [0.25, 0.3) is 0 Å². The minimum Gasteiger partial charge on any atom is -0.379 e. The second kappa shape index (κ2) is 8.29. The molecule has 1 atom stereocenters. The Labute approximate surface area is 158 Å². The fourth-order valence-corrected chi connectivity index (χ4v) is 4.94. The van der Waals surface area contributed by atoms with Gasteiger partial charge in [-0.15, -0.1) is 11.3 Å². The van der Waals surface area contributed by atoms with Crippen LogP contribution in [0.3, 0.4) is 0 Å². The van der Waals surface area contributed by atoms with Crippen LogP contribution in [-0.2, 0) is 17.6 Å². The zero-order valence-corrected chi connectivity index (χ0v) is 15.8. The van der Waals surface area contributed by atoms with Crippen molar-refractivity contribution in [2.24, 2.45) is 0 Å². The van der Waals surface area contributed by atoms with Crippen molar-refractivity contribution in [3.63, 3.8) is 0 Å². The van der Waals surface area contributed by atoms with Crippen molar-refractivity contribution in [2.75, 3.05) is 32.8 Å². The normalized spacial score (nSPS) is 18.9. The van der Waals surface area contributed by atoms with Crippen molar-refractivity contribution < 1.29 is 9.53 Å². The van der Waals surface area contributed by atoms with E-state index in [4.69, 9.17) is 4.74 Å². The maximum atomic E-state index is 12.8. The molecule has 1 fully saturated rings. The van der Waals surface area contributed by atoms with E-state index in [1.54, 1.807) is 11.3 Å². The second-order valence-electron chi connectivity index (χ2n) is 6.90. The minimum absolute atomic E-state index is 0.0624. The van der Waals surface area contributed by atoms with Crippen molar-refractivity contribution in [2.45, 2.75) is 31.7 Å². The molecule has 0 saturated carbocycles. The minimum atomic E-state index is 0.0624. The number of carbonyl (C=O) groups excluding carboxylic acids is 1. The number of carbonyl (C=O) groups is 1. The molecule has 0 bridgehead atoms. The highest BCUT2D eigenvalue weighted by Crippen LogP contribution is 2.30. The summed E-state index contributed by atoms with van der Waals surface area (Å²) in [5.74, 6) is 0.0624. The van der Waals surface area contributed by atoms with Crippen LogP contribution in [0.4, 0.5) is 0 Å². The number of fused-ring (bicyclic) bond motifs is 1. The molecule has 2 aromatic heterocycles. The van der Waals surface area contributed by atoms with E-state index in [1.807, 2.05) is 24.4 Å². The van der Waals surface area contributed by atoms with Crippen molar-refractivity contribution in [1.82, 2.24) is 15.2 Å². The molecule has 3 heterocycles. The number of nitrogens with one attached hydrogen (secondary N) is 1. The summed E-state index contributed by atoms with van der Waals surface area (Å²) < 4.78 is 5.48. The lowest BCUT2D eigenvalue weighted by Crippen LogP contribution is -2.44. The molecule has 1 aliphatic heterocycles. The Morgan fingerprint density at radius 3 is 2.92 bits per heavy atom. The van der Waals surface area contributed by atoms with Crippen molar-refractivity contribution in [1.29, 1.82) is 0 Å². The molecule has 0 unspecified atom stereocenters. The number of ether oxygens (including phenoxy) is 1. The smallest absolute Gasteiger partial charge is 0.261 e. The Hall–Kier alpha value is -1.76. The van der Waals surface area contributed by atoms with Gasteiger partial charge in [-0.1, -0.05) is 6.07 Å². The standard InChI is InChI=1S/C20H25N3O2S/c24-20(19-16-6-2-1-5-15(16)14-26-19)22-13-18(17-7-3-4-8-21-17)23-9-11-25-12-10-23/h3-4,7-8,14,18H,1-2,5-6,9-13H2,(H,22,24)/t18-/m1/s1. The molecule has 1 saturated heterocycles. The van der Waals surface area contributed by atoms with Crippen LogP contribution in [0.15, 0.2) is 29.8 Å². The number of thiophene rings is 1.